The minimum Gasteiger partial charge on any atom is -0.506 e. The normalized spacial score (nSPS) is 12.9. The van der Waals surface area contributed by atoms with Crippen molar-refractivity contribution in [3.05, 3.63) is 114 Å². The molecule has 380 valence electrons. The van der Waals surface area contributed by atoms with Crippen LogP contribution >= 0.6 is 0 Å². The topological polar surface area (TPSA) is 242 Å². The third kappa shape index (κ3) is 12.8. The van der Waals surface area contributed by atoms with Crippen molar-refractivity contribution in [2.24, 2.45) is 10.2 Å². The number of ether oxygens (including phenoxy) is 1. The van der Waals surface area contributed by atoms with Gasteiger partial charge in [0.2, 0.25) is 20.0 Å². The zero-order valence-corrected chi connectivity index (χ0v) is 44.2. The molecule has 0 aromatic heterocycles. The van der Waals surface area contributed by atoms with Gasteiger partial charge in [-0.15, -0.1) is 5.11 Å². The largest absolute Gasteiger partial charge is 0.506 e. The van der Waals surface area contributed by atoms with Crippen LogP contribution in [0.15, 0.2) is 117 Å². The van der Waals surface area contributed by atoms with Crippen LogP contribution in [0, 0.1) is 0 Å². The summed E-state index contributed by atoms with van der Waals surface area (Å²) in [6.45, 7) is 18.8. The molecule has 6 aromatic rings. The van der Waals surface area contributed by atoms with E-state index in [-0.39, 0.29) is 72.5 Å². The highest BCUT2D eigenvalue weighted by Crippen LogP contribution is 2.44. The van der Waals surface area contributed by atoms with E-state index >= 15 is 0 Å². The smallest absolute Gasteiger partial charge is 0.261 e. The number of sulfonamides is 3. The fourth-order valence-electron chi connectivity index (χ4n) is 7.78. The number of rotatable bonds is 20. The molecule has 0 aliphatic heterocycles. The van der Waals surface area contributed by atoms with Gasteiger partial charge in [0.1, 0.15) is 22.1 Å². The molecule has 0 radical (unpaired) electrons. The molecule has 71 heavy (non-hydrogen) atoms. The summed E-state index contributed by atoms with van der Waals surface area (Å²) in [7, 11) is -12.5. The van der Waals surface area contributed by atoms with Crippen LogP contribution in [0.4, 0.5) is 22.7 Å². The summed E-state index contributed by atoms with van der Waals surface area (Å²) in [5, 5.41) is 34.4. The SMILES string of the molecule is CCC(C)(C)c1ccc(OCCCCNC(=O)c2cc(NS(=O)(=O)c3ccc(N=Nc4cc(S(=O)(=O)NC(C)(C)C)c(O)c5cccc(NS(C)(=O)=O)c45)cc3)c3ccccc3c2O)c(C(C)(C)CC)c1. The van der Waals surface area contributed by atoms with Gasteiger partial charge in [-0.25, -0.2) is 30.0 Å². The molecule has 1 amide bonds. The predicted molar refractivity (Wildman–Crippen MR) is 281 cm³/mol. The van der Waals surface area contributed by atoms with Crippen molar-refractivity contribution in [2.45, 2.75) is 114 Å². The van der Waals surface area contributed by atoms with E-state index < -0.39 is 52.2 Å². The number of hydrogen-bond donors (Lipinski definition) is 6. The number of amides is 1. The maximum atomic E-state index is 13.9. The second kappa shape index (κ2) is 20.8. The van der Waals surface area contributed by atoms with Gasteiger partial charge in [0.15, 0.2) is 0 Å². The van der Waals surface area contributed by atoms with Gasteiger partial charge in [0.25, 0.3) is 15.9 Å². The van der Waals surface area contributed by atoms with Gasteiger partial charge in [-0.05, 0) is 111 Å². The standard InChI is InChI=1S/C52H64N6O10S3/c1-11-51(6,7)33-22-27-44(40(30-33)52(8,9)12-2)68-29-16-15-28-53-49(61)39-31-42(36-18-13-14-19-37(36)47(39)59)57-70(64,65)35-25-23-34(24-26-35)54-55-43-32-45(71(66,67)58-50(3,4)5)48(60)38-20-17-21-41(46(38)43)56-69(10,62)63/h13-14,17-27,30-32,56-60H,11-12,15-16,28-29H2,1-10H3,(H,53,61). The van der Waals surface area contributed by atoms with Crippen LogP contribution in [0.3, 0.4) is 0 Å². The van der Waals surface area contributed by atoms with Gasteiger partial charge < -0.3 is 20.3 Å². The molecular weight excluding hydrogens is 965 g/mol. The molecular formula is C52H64N6O10S3. The Morgan fingerprint density at radius 1 is 0.662 bits per heavy atom. The van der Waals surface area contributed by atoms with E-state index in [1.165, 1.54) is 54.1 Å². The van der Waals surface area contributed by atoms with Crippen LogP contribution in [0.1, 0.15) is 109 Å². The highest BCUT2D eigenvalue weighted by atomic mass is 32.2. The van der Waals surface area contributed by atoms with Crippen molar-refractivity contribution in [1.29, 1.82) is 0 Å². The van der Waals surface area contributed by atoms with Gasteiger partial charge >= 0.3 is 0 Å². The third-order valence-corrected chi connectivity index (χ3v) is 16.1. The number of azo groups is 1. The van der Waals surface area contributed by atoms with Crippen LogP contribution in [0.25, 0.3) is 21.5 Å². The Kier molecular flexibility index (Phi) is 15.9. The summed E-state index contributed by atoms with van der Waals surface area (Å²) in [6, 6.07) is 24.8. The van der Waals surface area contributed by atoms with Crippen molar-refractivity contribution in [3.8, 4) is 17.2 Å². The number of fused-ring (bicyclic) bond motifs is 2. The fraction of sp³-hybridized carbons (Fsp3) is 0.365. The number of anilines is 2. The van der Waals surface area contributed by atoms with Crippen LogP contribution in [0.5, 0.6) is 17.2 Å². The summed E-state index contributed by atoms with van der Waals surface area (Å²) in [5.74, 6) is -0.702. The highest BCUT2D eigenvalue weighted by molar-refractivity contribution is 7.92. The average Bonchev–Trinajstić information content (AvgIpc) is 3.29. The van der Waals surface area contributed by atoms with Crippen molar-refractivity contribution in [1.82, 2.24) is 10.0 Å². The van der Waals surface area contributed by atoms with E-state index in [0.717, 1.165) is 36.5 Å². The lowest BCUT2D eigenvalue weighted by Crippen LogP contribution is -2.40. The molecule has 19 heteroatoms. The number of carbonyl (C=O) groups excluding carboxylic acids is 1. The molecule has 16 nitrogen and oxygen atoms in total. The van der Waals surface area contributed by atoms with Crippen molar-refractivity contribution < 1.29 is 45.0 Å². The van der Waals surface area contributed by atoms with E-state index in [1.54, 1.807) is 45.0 Å². The number of nitrogens with one attached hydrogen (secondary N) is 4. The first kappa shape index (κ1) is 54.1. The molecule has 0 aliphatic rings. The molecule has 6 N–H and O–H groups in total. The van der Waals surface area contributed by atoms with E-state index in [0.29, 0.717) is 24.8 Å². The zero-order valence-electron chi connectivity index (χ0n) is 41.8. The highest BCUT2D eigenvalue weighted by Gasteiger charge is 2.30. The molecule has 0 bridgehead atoms. The second-order valence-corrected chi connectivity index (χ2v) is 24.9. The van der Waals surface area contributed by atoms with Gasteiger partial charge in [0.05, 0.1) is 46.1 Å². The molecule has 0 atom stereocenters. The van der Waals surface area contributed by atoms with Crippen LogP contribution < -0.4 is 24.2 Å². The fourth-order valence-corrected chi connectivity index (χ4v) is 11.0. The first-order valence-electron chi connectivity index (χ1n) is 23.2. The van der Waals surface area contributed by atoms with Gasteiger partial charge in [-0.3, -0.25) is 14.2 Å². The minimum atomic E-state index is -4.35. The molecule has 0 spiro atoms. The number of nitrogens with zero attached hydrogens (tertiary/aromatic N) is 2. The Balaban J connectivity index is 1.19. The van der Waals surface area contributed by atoms with Crippen LogP contribution in [-0.4, -0.2) is 66.3 Å². The van der Waals surface area contributed by atoms with Crippen molar-refractivity contribution >= 4 is 80.3 Å². The minimum absolute atomic E-state index is 0.00312. The summed E-state index contributed by atoms with van der Waals surface area (Å²) in [5.41, 5.74) is 1.36. The molecule has 0 unspecified atom stereocenters. The summed E-state index contributed by atoms with van der Waals surface area (Å²) in [6.07, 6.45) is 4.09. The lowest BCUT2D eigenvalue weighted by Gasteiger charge is -2.30. The molecule has 0 heterocycles. The lowest BCUT2D eigenvalue weighted by atomic mass is 9.76. The second-order valence-electron chi connectivity index (χ2n) is 19.9. The molecule has 0 aliphatic carbocycles. The average molecular weight is 1030 g/mol. The molecule has 0 saturated heterocycles. The first-order valence-corrected chi connectivity index (χ1v) is 28.1. The van der Waals surface area contributed by atoms with E-state index in [9.17, 15) is 40.3 Å². The van der Waals surface area contributed by atoms with Crippen LogP contribution in [-0.2, 0) is 40.9 Å². The van der Waals surface area contributed by atoms with Gasteiger partial charge in [-0.1, -0.05) is 90.1 Å². The predicted octanol–water partition coefficient (Wildman–Crippen LogP) is 11.0. The molecule has 0 fully saturated rings. The van der Waals surface area contributed by atoms with Gasteiger partial charge in [0, 0.05) is 39.2 Å². The molecule has 6 aromatic carbocycles. The van der Waals surface area contributed by atoms with Crippen molar-refractivity contribution in [3.63, 3.8) is 0 Å². The van der Waals surface area contributed by atoms with Crippen molar-refractivity contribution in [2.75, 3.05) is 28.9 Å². The Hall–Kier alpha value is -6.28. The molecule has 6 rings (SSSR count). The van der Waals surface area contributed by atoms with E-state index in [2.05, 4.69) is 89.5 Å². The Morgan fingerprint density at radius 3 is 1.94 bits per heavy atom. The van der Waals surface area contributed by atoms with E-state index in [4.69, 9.17) is 4.74 Å². The van der Waals surface area contributed by atoms with E-state index in [1.807, 2.05) is 0 Å². The number of phenols is 2. The van der Waals surface area contributed by atoms with Gasteiger partial charge in [-0.2, -0.15) is 5.11 Å². The summed E-state index contributed by atoms with van der Waals surface area (Å²) >= 11 is 0. The Bertz CT molecular complexity index is 3350. The quantitative estimate of drug-likeness (QED) is 0.0240. The summed E-state index contributed by atoms with van der Waals surface area (Å²) < 4.78 is 93.1. The first-order chi connectivity index (χ1) is 33.1. The van der Waals surface area contributed by atoms with Crippen LogP contribution in [0.2, 0.25) is 0 Å². The number of carbonyl (C=O) groups is 1. The number of phenolic OH excluding ortho intramolecular Hbond substituents is 2. The monoisotopic (exact) mass is 1030 g/mol. The molecule has 0 saturated carbocycles. The number of aromatic hydroxyl groups is 2. The lowest BCUT2D eigenvalue weighted by molar-refractivity contribution is 0.0949. The number of benzene rings is 6. The summed E-state index contributed by atoms with van der Waals surface area (Å²) in [4.78, 5) is 12.9. The Labute approximate surface area is 417 Å². The maximum Gasteiger partial charge on any atom is 0.261 e. The maximum absolute atomic E-state index is 13.9. The third-order valence-electron chi connectivity index (χ3n) is 12.4. The zero-order chi connectivity index (χ0) is 52.3. The number of unbranched alkanes of at least 4 members (excludes halogenated alkanes) is 1. The Morgan fingerprint density at radius 2 is 1.31 bits per heavy atom. The number of hydrogen-bond acceptors (Lipinski definition) is 12.